The van der Waals surface area contributed by atoms with Crippen molar-refractivity contribution in [3.05, 3.63) is 6.33 Å². The lowest BCUT2D eigenvalue weighted by molar-refractivity contribution is 1.36. The molecule has 0 bridgehead atoms. The predicted octanol–water partition coefficient (Wildman–Crippen LogP) is -0.668. The van der Waals surface area contributed by atoms with Crippen LogP contribution in [-0.4, -0.2) is 17.2 Å². The van der Waals surface area contributed by atoms with Crippen LogP contribution in [0.2, 0.25) is 0 Å². The van der Waals surface area contributed by atoms with Gasteiger partial charge in [-0.1, -0.05) is 0 Å². The van der Waals surface area contributed by atoms with E-state index in [2.05, 4.69) is 9.36 Å². The zero-order chi connectivity index (χ0) is 4.41. The SMILES string of the molecule is [B]c1ncns1. The Bertz CT molecular complexity index is 115. The molecule has 4 heteroatoms. The van der Waals surface area contributed by atoms with Crippen molar-refractivity contribution in [1.82, 2.24) is 9.36 Å². The molecule has 0 amide bonds. The van der Waals surface area contributed by atoms with Gasteiger partial charge in [0.25, 0.3) is 0 Å². The summed E-state index contributed by atoms with van der Waals surface area (Å²) in [5, 5.41) is 0. The summed E-state index contributed by atoms with van der Waals surface area (Å²) in [6, 6.07) is 0. The summed E-state index contributed by atoms with van der Waals surface area (Å²) in [4.78, 5) is 4.13. The largest absolute Gasteiger partial charge is 0.240 e. The van der Waals surface area contributed by atoms with Gasteiger partial charge in [0, 0.05) is 0 Å². The van der Waals surface area contributed by atoms with Crippen molar-refractivity contribution in [2.24, 2.45) is 0 Å². The standard InChI is InChI=1S/C2HBN2S/c3-2-4-1-5-6-2/h1H. The number of hydrogen-bond donors (Lipinski definition) is 0. The van der Waals surface area contributed by atoms with E-state index in [0.29, 0.717) is 4.91 Å². The van der Waals surface area contributed by atoms with Crippen LogP contribution in [0.3, 0.4) is 0 Å². The van der Waals surface area contributed by atoms with Gasteiger partial charge in [-0.2, -0.15) is 4.37 Å². The first-order valence-corrected chi connectivity index (χ1v) is 2.19. The Hall–Kier alpha value is -0.375. The highest BCUT2D eigenvalue weighted by Gasteiger charge is 1.77. The lowest BCUT2D eigenvalue weighted by Gasteiger charge is -1.62. The highest BCUT2D eigenvalue weighted by Crippen LogP contribution is 1.72. The van der Waals surface area contributed by atoms with E-state index >= 15 is 0 Å². The third-order valence-corrected chi connectivity index (χ3v) is 0.871. The maximum Gasteiger partial charge on any atom is 0.159 e. The first-order valence-electron chi connectivity index (χ1n) is 1.42. The second-order valence-electron chi connectivity index (χ2n) is 0.780. The molecule has 0 aliphatic carbocycles. The summed E-state index contributed by atoms with van der Waals surface area (Å²) in [5.74, 6) is 0. The van der Waals surface area contributed by atoms with E-state index < -0.39 is 0 Å². The molecule has 0 atom stereocenters. The van der Waals surface area contributed by atoms with Gasteiger partial charge in [0.15, 0.2) is 7.85 Å². The molecule has 2 radical (unpaired) electrons. The Kier molecular flexibility index (Phi) is 0.878. The zero-order valence-electron chi connectivity index (χ0n) is 2.96. The molecular weight excluding hydrogens is 94.9 g/mol. The van der Waals surface area contributed by atoms with Gasteiger partial charge in [-0.05, 0) is 11.5 Å². The summed E-state index contributed by atoms with van der Waals surface area (Å²) in [5.41, 5.74) is 0. The highest BCUT2D eigenvalue weighted by molar-refractivity contribution is 7.14. The molecule has 28 valence electrons. The molecule has 1 aromatic rings. The van der Waals surface area contributed by atoms with Crippen molar-refractivity contribution in [2.75, 3.05) is 0 Å². The third kappa shape index (κ3) is 0.569. The fourth-order valence-electron chi connectivity index (χ4n) is 0.182. The Morgan fingerprint density at radius 2 is 2.67 bits per heavy atom. The number of hydrogen-bond acceptors (Lipinski definition) is 3. The van der Waals surface area contributed by atoms with E-state index in [1.807, 2.05) is 0 Å². The molecule has 1 aromatic heterocycles. The van der Waals surface area contributed by atoms with E-state index in [1.165, 1.54) is 17.9 Å². The van der Waals surface area contributed by atoms with Crippen molar-refractivity contribution in [3.8, 4) is 0 Å². The van der Waals surface area contributed by atoms with Crippen LogP contribution in [0.15, 0.2) is 6.33 Å². The van der Waals surface area contributed by atoms with Crippen LogP contribution in [0.4, 0.5) is 0 Å². The second kappa shape index (κ2) is 1.38. The fraction of sp³-hybridized carbons (Fsp3) is 0. The van der Waals surface area contributed by atoms with Crippen LogP contribution in [-0.2, 0) is 0 Å². The molecule has 6 heavy (non-hydrogen) atoms. The quantitative estimate of drug-likeness (QED) is 0.400. The van der Waals surface area contributed by atoms with Crippen molar-refractivity contribution in [1.29, 1.82) is 0 Å². The highest BCUT2D eigenvalue weighted by atomic mass is 32.1. The van der Waals surface area contributed by atoms with Crippen molar-refractivity contribution >= 4 is 24.3 Å². The summed E-state index contributed by atoms with van der Waals surface area (Å²) >= 11 is 1.19. The molecule has 0 aliphatic heterocycles. The average molecular weight is 95.9 g/mol. The molecule has 2 nitrogen and oxygen atoms in total. The van der Waals surface area contributed by atoms with Crippen molar-refractivity contribution < 1.29 is 0 Å². The first-order chi connectivity index (χ1) is 2.89. The van der Waals surface area contributed by atoms with Gasteiger partial charge < -0.3 is 0 Å². The van der Waals surface area contributed by atoms with Crippen LogP contribution in [0.1, 0.15) is 0 Å². The number of nitrogens with zero attached hydrogens (tertiary/aromatic N) is 2. The minimum Gasteiger partial charge on any atom is -0.240 e. The summed E-state index contributed by atoms with van der Waals surface area (Å²) in [6.45, 7) is 0. The molecule has 0 fully saturated rings. The van der Waals surface area contributed by atoms with Gasteiger partial charge in [-0.3, -0.25) is 0 Å². The lowest BCUT2D eigenvalue weighted by Crippen LogP contribution is -1.95. The van der Waals surface area contributed by atoms with Gasteiger partial charge in [0.2, 0.25) is 0 Å². The van der Waals surface area contributed by atoms with Crippen LogP contribution >= 0.6 is 11.5 Å². The Labute approximate surface area is 40.8 Å². The van der Waals surface area contributed by atoms with Crippen molar-refractivity contribution in [3.63, 3.8) is 0 Å². The summed E-state index contributed by atoms with van der Waals surface area (Å²) < 4.78 is 3.63. The normalized spacial score (nSPS) is 8.67. The maximum atomic E-state index is 5.12. The summed E-state index contributed by atoms with van der Waals surface area (Å²) in [6.07, 6.45) is 1.43. The Morgan fingerprint density at radius 1 is 1.83 bits per heavy atom. The van der Waals surface area contributed by atoms with Gasteiger partial charge in [0.05, 0.1) is 4.91 Å². The molecule has 1 rings (SSSR count). The zero-order valence-corrected chi connectivity index (χ0v) is 3.77. The van der Waals surface area contributed by atoms with Crippen LogP contribution in [0.5, 0.6) is 0 Å². The molecule has 0 spiro atoms. The molecule has 1 heterocycles. The minimum atomic E-state index is 0.523. The fourth-order valence-corrected chi connectivity index (χ4v) is 0.478. The molecule has 0 saturated heterocycles. The molecule has 0 aliphatic rings. The first kappa shape index (κ1) is 3.80. The van der Waals surface area contributed by atoms with E-state index in [-0.39, 0.29) is 0 Å². The number of aromatic nitrogens is 2. The van der Waals surface area contributed by atoms with Crippen LogP contribution in [0, 0.1) is 0 Å². The lowest BCUT2D eigenvalue weighted by atomic mass is 10.2. The predicted molar refractivity (Wildman–Crippen MR) is 25.3 cm³/mol. The second-order valence-corrected chi connectivity index (χ2v) is 1.59. The van der Waals surface area contributed by atoms with E-state index in [0.717, 1.165) is 0 Å². The Balaban J connectivity index is 3.05. The monoisotopic (exact) mass is 96.0 g/mol. The molecule has 0 unspecified atom stereocenters. The van der Waals surface area contributed by atoms with Crippen LogP contribution in [0.25, 0.3) is 0 Å². The van der Waals surface area contributed by atoms with Gasteiger partial charge in [-0.25, -0.2) is 4.98 Å². The van der Waals surface area contributed by atoms with Crippen molar-refractivity contribution in [2.45, 2.75) is 0 Å². The van der Waals surface area contributed by atoms with Gasteiger partial charge in [-0.15, -0.1) is 0 Å². The summed E-state index contributed by atoms with van der Waals surface area (Å²) in [7, 11) is 5.12. The molecule has 0 saturated carbocycles. The van der Waals surface area contributed by atoms with Crippen LogP contribution < -0.4 is 4.91 Å². The van der Waals surface area contributed by atoms with Gasteiger partial charge in [0.1, 0.15) is 6.33 Å². The smallest absolute Gasteiger partial charge is 0.159 e. The van der Waals surface area contributed by atoms with E-state index in [1.54, 1.807) is 0 Å². The maximum absolute atomic E-state index is 5.12. The topological polar surface area (TPSA) is 25.8 Å². The Morgan fingerprint density at radius 3 is 2.83 bits per heavy atom. The third-order valence-electron chi connectivity index (χ3n) is 0.378. The average Bonchev–Trinajstić information content (AvgIpc) is 1.86. The van der Waals surface area contributed by atoms with E-state index in [9.17, 15) is 0 Å². The van der Waals surface area contributed by atoms with E-state index in [4.69, 9.17) is 7.85 Å². The molecule has 0 N–H and O–H groups in total. The minimum absolute atomic E-state index is 0.523. The number of rotatable bonds is 0. The molecule has 0 aromatic carbocycles. The molecular formula is C2HBN2S. The van der Waals surface area contributed by atoms with Gasteiger partial charge >= 0.3 is 0 Å².